The number of carbonyl (C=O) groups is 3. The Hall–Kier alpha value is -3.62. The van der Waals surface area contributed by atoms with Gasteiger partial charge in [-0.25, -0.2) is 10.2 Å². The Balaban J connectivity index is 1.58. The van der Waals surface area contributed by atoms with E-state index in [-0.39, 0.29) is 28.5 Å². The lowest BCUT2D eigenvalue weighted by molar-refractivity contribution is 0.0527. The fourth-order valence-corrected chi connectivity index (χ4v) is 4.50. The van der Waals surface area contributed by atoms with Crippen LogP contribution in [0.2, 0.25) is 10.0 Å². The van der Waals surface area contributed by atoms with Crippen LogP contribution in [-0.4, -0.2) is 30.1 Å². The number of rotatable bonds is 6. The van der Waals surface area contributed by atoms with Crippen LogP contribution in [0.15, 0.2) is 52.0 Å². The van der Waals surface area contributed by atoms with E-state index in [2.05, 4.69) is 15.8 Å². The second-order valence-corrected chi connectivity index (χ2v) is 8.90. The molecule has 0 atom stereocenters. The van der Waals surface area contributed by atoms with Crippen molar-refractivity contribution in [1.29, 1.82) is 0 Å². The number of fused-ring (bicyclic) bond motifs is 1. The third kappa shape index (κ3) is 5.29. The highest BCUT2D eigenvalue weighted by atomic mass is 35.5. The predicted octanol–water partition coefficient (Wildman–Crippen LogP) is 5.79. The molecule has 186 valence electrons. The van der Waals surface area contributed by atoms with E-state index in [0.29, 0.717) is 46.2 Å². The summed E-state index contributed by atoms with van der Waals surface area (Å²) in [7, 11) is 0. The number of anilines is 1. The monoisotopic (exact) mass is 527 g/mol. The quantitative estimate of drug-likeness (QED) is 0.311. The van der Waals surface area contributed by atoms with Gasteiger partial charge in [-0.3, -0.25) is 9.59 Å². The summed E-state index contributed by atoms with van der Waals surface area (Å²) in [6, 6.07) is 11.2. The molecule has 1 aliphatic carbocycles. The number of carbonyl (C=O) groups excluding carboxylic acids is 3. The molecule has 0 saturated heterocycles. The third-order valence-electron chi connectivity index (χ3n) is 5.67. The summed E-state index contributed by atoms with van der Waals surface area (Å²) in [4.78, 5) is 38.0. The van der Waals surface area contributed by atoms with Gasteiger partial charge in [0.1, 0.15) is 5.76 Å². The maximum absolute atomic E-state index is 13.1. The summed E-state index contributed by atoms with van der Waals surface area (Å²) in [6.07, 6.45) is 1.96. The summed E-state index contributed by atoms with van der Waals surface area (Å²) in [6.45, 7) is 3.68. The molecule has 0 radical (unpaired) electrons. The van der Waals surface area contributed by atoms with Crippen molar-refractivity contribution in [2.75, 3.05) is 11.9 Å². The van der Waals surface area contributed by atoms with Gasteiger partial charge < -0.3 is 14.5 Å². The Morgan fingerprint density at radius 1 is 1.06 bits per heavy atom. The molecular weight excluding hydrogens is 505 g/mol. The maximum Gasteiger partial charge on any atom is 0.340 e. The molecule has 0 saturated carbocycles. The molecule has 1 aromatic heterocycles. The van der Waals surface area contributed by atoms with Crippen LogP contribution in [0.1, 0.15) is 67.9 Å². The maximum atomic E-state index is 13.1. The second-order valence-electron chi connectivity index (χ2n) is 8.05. The summed E-state index contributed by atoms with van der Waals surface area (Å²) in [5.74, 6) is -0.795. The van der Waals surface area contributed by atoms with E-state index in [1.165, 1.54) is 12.1 Å². The van der Waals surface area contributed by atoms with Crippen molar-refractivity contribution in [2.45, 2.75) is 33.1 Å². The van der Waals surface area contributed by atoms with Crippen LogP contribution < -0.4 is 10.7 Å². The average Bonchev–Trinajstić information content (AvgIpc) is 3.20. The molecule has 36 heavy (non-hydrogen) atoms. The van der Waals surface area contributed by atoms with E-state index in [1.54, 1.807) is 44.2 Å². The van der Waals surface area contributed by atoms with Crippen molar-refractivity contribution in [3.63, 3.8) is 0 Å². The zero-order valence-electron chi connectivity index (χ0n) is 19.6. The molecule has 10 heteroatoms. The zero-order valence-corrected chi connectivity index (χ0v) is 21.1. The van der Waals surface area contributed by atoms with Gasteiger partial charge in [0.25, 0.3) is 11.8 Å². The molecule has 4 rings (SSSR count). The number of amides is 2. The topological polar surface area (TPSA) is 110 Å². The van der Waals surface area contributed by atoms with Gasteiger partial charge in [-0.05, 0) is 57.0 Å². The minimum absolute atomic E-state index is 0.111. The van der Waals surface area contributed by atoms with E-state index in [4.69, 9.17) is 32.4 Å². The Kier molecular flexibility index (Phi) is 7.76. The highest BCUT2D eigenvalue weighted by Crippen LogP contribution is 2.31. The third-order valence-corrected chi connectivity index (χ3v) is 6.22. The Morgan fingerprint density at radius 3 is 2.58 bits per heavy atom. The second kappa shape index (κ2) is 11.0. The van der Waals surface area contributed by atoms with Gasteiger partial charge in [0.2, 0.25) is 0 Å². The van der Waals surface area contributed by atoms with E-state index in [0.717, 1.165) is 6.42 Å². The molecule has 0 bridgehead atoms. The summed E-state index contributed by atoms with van der Waals surface area (Å²) in [5.41, 5.74) is 5.21. The first-order valence-electron chi connectivity index (χ1n) is 11.3. The molecule has 3 aromatic rings. The fourth-order valence-electron chi connectivity index (χ4n) is 4.01. The molecular formula is C26H23Cl2N3O5. The summed E-state index contributed by atoms with van der Waals surface area (Å²) < 4.78 is 11.0. The van der Waals surface area contributed by atoms with Crippen LogP contribution in [0, 0.1) is 6.92 Å². The first-order chi connectivity index (χ1) is 17.3. The zero-order chi connectivity index (χ0) is 25.8. The lowest BCUT2D eigenvalue weighted by atomic mass is 9.93. The van der Waals surface area contributed by atoms with E-state index < -0.39 is 17.8 Å². The number of halogens is 2. The van der Waals surface area contributed by atoms with Gasteiger partial charge in [0, 0.05) is 22.6 Å². The number of nitrogens with one attached hydrogen (secondary N) is 2. The normalized spacial score (nSPS) is 13.7. The first kappa shape index (κ1) is 25.5. The van der Waals surface area contributed by atoms with E-state index >= 15 is 0 Å². The Bertz CT molecular complexity index is 1380. The standard InChI is InChI=1S/C26H23Cl2N3O5/c1-3-35-26(34)17-7-4-5-8-19(17)29-25(33)23-14(2)22-20(9-6-10-21(22)36-23)30-31-24(32)16-12-11-15(27)13-18(16)28/h4-5,7-8,11-13H,3,6,9-10H2,1-2H3,(H,29,33)(H,31,32)/b30-20+. The number of furan rings is 1. The molecule has 0 unspecified atom stereocenters. The average molecular weight is 528 g/mol. The lowest BCUT2D eigenvalue weighted by Crippen LogP contribution is -2.22. The predicted molar refractivity (Wildman–Crippen MR) is 137 cm³/mol. The summed E-state index contributed by atoms with van der Waals surface area (Å²) in [5, 5.41) is 7.69. The number of nitrogens with zero attached hydrogens (tertiary/aromatic N) is 1. The number of hydrogen-bond acceptors (Lipinski definition) is 6. The molecule has 0 spiro atoms. The van der Waals surface area contributed by atoms with Crippen LogP contribution in [0.3, 0.4) is 0 Å². The molecule has 2 aromatic carbocycles. The molecule has 0 fully saturated rings. The molecule has 1 heterocycles. The van der Waals surface area contributed by atoms with E-state index in [9.17, 15) is 14.4 Å². The number of hydrazone groups is 1. The highest BCUT2D eigenvalue weighted by molar-refractivity contribution is 6.36. The lowest BCUT2D eigenvalue weighted by Gasteiger charge is -2.13. The van der Waals surface area contributed by atoms with Crippen molar-refractivity contribution >= 4 is 52.4 Å². The van der Waals surface area contributed by atoms with Gasteiger partial charge in [-0.1, -0.05) is 35.3 Å². The van der Waals surface area contributed by atoms with Crippen molar-refractivity contribution in [1.82, 2.24) is 5.43 Å². The molecule has 1 aliphatic rings. The Morgan fingerprint density at radius 2 is 1.83 bits per heavy atom. The van der Waals surface area contributed by atoms with Crippen LogP contribution in [0.5, 0.6) is 0 Å². The number of hydrogen-bond donors (Lipinski definition) is 2. The number of esters is 1. The molecule has 8 nitrogen and oxygen atoms in total. The minimum atomic E-state index is -0.533. The SMILES string of the molecule is CCOC(=O)c1ccccc1NC(=O)c1oc2c(c1C)/C(=N/NC(=O)c1ccc(Cl)cc1Cl)CCC2. The van der Waals surface area contributed by atoms with Gasteiger partial charge in [-0.15, -0.1) is 0 Å². The highest BCUT2D eigenvalue weighted by Gasteiger charge is 2.29. The largest absolute Gasteiger partial charge is 0.462 e. The van der Waals surface area contributed by atoms with Crippen LogP contribution in [0.4, 0.5) is 5.69 Å². The Labute approximate surface area is 217 Å². The van der Waals surface area contributed by atoms with Crippen molar-refractivity contribution in [3.05, 3.63) is 86.3 Å². The number of benzene rings is 2. The van der Waals surface area contributed by atoms with Crippen molar-refractivity contribution in [3.8, 4) is 0 Å². The van der Waals surface area contributed by atoms with E-state index in [1.807, 2.05) is 0 Å². The number of para-hydroxylation sites is 1. The van der Waals surface area contributed by atoms with Crippen LogP contribution in [-0.2, 0) is 11.2 Å². The van der Waals surface area contributed by atoms with Gasteiger partial charge in [0.05, 0.1) is 34.2 Å². The van der Waals surface area contributed by atoms with Crippen molar-refractivity contribution < 1.29 is 23.5 Å². The molecule has 0 aliphatic heterocycles. The first-order valence-corrected chi connectivity index (χ1v) is 12.1. The van der Waals surface area contributed by atoms with Gasteiger partial charge in [-0.2, -0.15) is 5.10 Å². The minimum Gasteiger partial charge on any atom is -0.462 e. The number of aryl methyl sites for hydroxylation is 1. The van der Waals surface area contributed by atoms with Crippen LogP contribution >= 0.6 is 23.2 Å². The van der Waals surface area contributed by atoms with Gasteiger partial charge >= 0.3 is 5.97 Å². The summed E-state index contributed by atoms with van der Waals surface area (Å²) >= 11 is 12.0. The molecule has 2 N–H and O–H groups in total. The smallest absolute Gasteiger partial charge is 0.340 e. The fraction of sp³-hybridized carbons (Fsp3) is 0.231. The van der Waals surface area contributed by atoms with Gasteiger partial charge in [0.15, 0.2) is 5.76 Å². The molecule has 2 amide bonds. The van der Waals surface area contributed by atoms with Crippen LogP contribution in [0.25, 0.3) is 0 Å². The number of ether oxygens (including phenoxy) is 1. The van der Waals surface area contributed by atoms with Crippen molar-refractivity contribution in [2.24, 2.45) is 5.10 Å².